The molecule has 1 N–H and O–H groups in total. The zero-order chi connectivity index (χ0) is 26.9. The molecule has 1 aliphatic heterocycles. The Balaban J connectivity index is 1.38. The molecule has 2 aliphatic rings. The SMILES string of the molecule is CC(C)(C)C1CCc2c(sc(NC(=O)c3ccccc3F)c2C(=O)N2CCC(Cc3ccccc3)CC2)C1. The van der Waals surface area contributed by atoms with Crippen LogP contribution >= 0.6 is 11.3 Å². The summed E-state index contributed by atoms with van der Waals surface area (Å²) >= 11 is 1.50. The molecule has 1 aromatic heterocycles. The molecule has 38 heavy (non-hydrogen) atoms. The highest BCUT2D eigenvalue weighted by molar-refractivity contribution is 7.17. The van der Waals surface area contributed by atoms with Gasteiger partial charge in [-0.15, -0.1) is 11.3 Å². The molecule has 0 saturated carbocycles. The van der Waals surface area contributed by atoms with Crippen LogP contribution in [0, 0.1) is 23.1 Å². The van der Waals surface area contributed by atoms with E-state index >= 15 is 0 Å². The van der Waals surface area contributed by atoms with Crippen molar-refractivity contribution in [1.82, 2.24) is 4.90 Å². The molecule has 1 unspecified atom stereocenters. The second-order valence-corrected chi connectivity index (χ2v) is 13.0. The molecule has 0 bridgehead atoms. The molecule has 3 aromatic rings. The van der Waals surface area contributed by atoms with E-state index in [2.05, 4.69) is 50.4 Å². The Morgan fingerprint density at radius 3 is 2.37 bits per heavy atom. The van der Waals surface area contributed by atoms with Crippen LogP contribution in [0.15, 0.2) is 54.6 Å². The zero-order valence-corrected chi connectivity index (χ0v) is 23.4. The lowest BCUT2D eigenvalue weighted by atomic mass is 9.72. The molecule has 1 saturated heterocycles. The highest BCUT2D eigenvalue weighted by Gasteiger charge is 2.36. The third-order valence-electron chi connectivity index (χ3n) is 8.32. The van der Waals surface area contributed by atoms with Gasteiger partial charge in [0.15, 0.2) is 0 Å². The van der Waals surface area contributed by atoms with E-state index in [4.69, 9.17) is 0 Å². The number of carbonyl (C=O) groups excluding carboxylic acids is 2. The smallest absolute Gasteiger partial charge is 0.259 e. The molecule has 0 spiro atoms. The minimum Gasteiger partial charge on any atom is -0.339 e. The van der Waals surface area contributed by atoms with Crippen LogP contribution in [0.2, 0.25) is 0 Å². The van der Waals surface area contributed by atoms with E-state index in [-0.39, 0.29) is 16.9 Å². The van der Waals surface area contributed by atoms with Crippen LogP contribution in [0.25, 0.3) is 0 Å². The first-order valence-electron chi connectivity index (χ1n) is 13.7. The van der Waals surface area contributed by atoms with E-state index in [1.807, 2.05) is 11.0 Å². The van der Waals surface area contributed by atoms with Gasteiger partial charge in [0, 0.05) is 18.0 Å². The summed E-state index contributed by atoms with van der Waals surface area (Å²) in [7, 11) is 0. The van der Waals surface area contributed by atoms with Crippen LogP contribution < -0.4 is 5.32 Å². The summed E-state index contributed by atoms with van der Waals surface area (Å²) in [5.74, 6) is 0.00179. The molecule has 1 aliphatic carbocycles. The first kappa shape index (κ1) is 26.6. The van der Waals surface area contributed by atoms with E-state index < -0.39 is 11.7 Å². The number of nitrogens with one attached hydrogen (secondary N) is 1. The van der Waals surface area contributed by atoms with E-state index in [1.165, 1.54) is 33.9 Å². The number of benzene rings is 2. The Bertz CT molecular complexity index is 1300. The second kappa shape index (κ2) is 11.0. The number of likely N-dealkylation sites (tertiary alicyclic amines) is 1. The molecular weight excluding hydrogens is 495 g/mol. The van der Waals surface area contributed by atoms with Crippen molar-refractivity contribution in [2.45, 2.75) is 59.3 Å². The summed E-state index contributed by atoms with van der Waals surface area (Å²) in [5, 5.41) is 3.50. The standard InChI is InChI=1S/C32H37FN2O2S/c1-32(2,3)23-13-14-25-27(20-23)38-30(34-29(36)24-11-7-8-12-26(24)33)28(25)31(37)35-17-15-22(16-18-35)19-21-9-5-4-6-10-21/h4-12,22-23H,13-20H2,1-3H3,(H,34,36). The summed E-state index contributed by atoms with van der Waals surface area (Å²) in [4.78, 5) is 30.2. The molecule has 2 amide bonds. The number of carbonyl (C=O) groups is 2. The molecule has 0 radical (unpaired) electrons. The number of thiophene rings is 1. The number of anilines is 1. The first-order valence-corrected chi connectivity index (χ1v) is 14.6. The van der Waals surface area contributed by atoms with Crippen molar-refractivity contribution in [1.29, 1.82) is 0 Å². The van der Waals surface area contributed by atoms with Crippen molar-refractivity contribution in [2.24, 2.45) is 17.3 Å². The van der Waals surface area contributed by atoms with Crippen molar-refractivity contribution in [3.63, 3.8) is 0 Å². The van der Waals surface area contributed by atoms with Crippen molar-refractivity contribution in [2.75, 3.05) is 18.4 Å². The number of nitrogens with zero attached hydrogens (tertiary/aromatic N) is 1. The number of amides is 2. The predicted octanol–water partition coefficient (Wildman–Crippen LogP) is 7.39. The van der Waals surface area contributed by atoms with Crippen molar-refractivity contribution >= 4 is 28.2 Å². The van der Waals surface area contributed by atoms with Gasteiger partial charge in [0.2, 0.25) is 0 Å². The lowest BCUT2D eigenvalue weighted by Crippen LogP contribution is -2.39. The molecule has 6 heteroatoms. The van der Waals surface area contributed by atoms with Gasteiger partial charge in [-0.1, -0.05) is 63.2 Å². The molecule has 1 fully saturated rings. The first-order chi connectivity index (χ1) is 18.2. The topological polar surface area (TPSA) is 49.4 Å². The van der Waals surface area contributed by atoms with Gasteiger partial charge >= 0.3 is 0 Å². The van der Waals surface area contributed by atoms with Crippen molar-refractivity contribution < 1.29 is 14.0 Å². The molecule has 4 nitrogen and oxygen atoms in total. The predicted molar refractivity (Wildman–Crippen MR) is 152 cm³/mol. The van der Waals surface area contributed by atoms with Gasteiger partial charge in [0.25, 0.3) is 11.8 Å². The highest BCUT2D eigenvalue weighted by Crippen LogP contribution is 2.45. The summed E-state index contributed by atoms with van der Waals surface area (Å²) < 4.78 is 14.4. The van der Waals surface area contributed by atoms with Crippen LogP contribution in [0.5, 0.6) is 0 Å². The number of piperidine rings is 1. The maximum Gasteiger partial charge on any atom is 0.259 e. The van der Waals surface area contributed by atoms with E-state index in [0.717, 1.165) is 44.1 Å². The fourth-order valence-electron chi connectivity index (χ4n) is 5.90. The third-order valence-corrected chi connectivity index (χ3v) is 9.49. The number of halogens is 1. The summed E-state index contributed by atoms with van der Waals surface area (Å²) in [6.07, 6.45) is 5.72. The maximum absolute atomic E-state index is 14.4. The van der Waals surface area contributed by atoms with Crippen LogP contribution in [-0.2, 0) is 19.3 Å². The normalized spacial score (nSPS) is 18.2. The molecule has 2 aromatic carbocycles. The second-order valence-electron chi connectivity index (χ2n) is 11.9. The minimum absolute atomic E-state index is 0.00120. The largest absolute Gasteiger partial charge is 0.339 e. The third kappa shape index (κ3) is 5.70. The maximum atomic E-state index is 14.4. The van der Waals surface area contributed by atoms with Gasteiger partial charge in [-0.2, -0.15) is 0 Å². The van der Waals surface area contributed by atoms with Crippen LogP contribution in [-0.4, -0.2) is 29.8 Å². The highest BCUT2D eigenvalue weighted by atomic mass is 32.1. The summed E-state index contributed by atoms with van der Waals surface area (Å²) in [5.41, 5.74) is 3.21. The monoisotopic (exact) mass is 532 g/mol. The average Bonchev–Trinajstić information content (AvgIpc) is 3.26. The Morgan fingerprint density at radius 2 is 1.68 bits per heavy atom. The van der Waals surface area contributed by atoms with Gasteiger partial charge in [0.05, 0.1) is 11.1 Å². The summed E-state index contributed by atoms with van der Waals surface area (Å²) in [6, 6.07) is 16.5. The zero-order valence-electron chi connectivity index (χ0n) is 22.6. The molecule has 5 rings (SSSR count). The molecule has 1 atom stereocenters. The lowest BCUT2D eigenvalue weighted by molar-refractivity contribution is 0.0690. The number of rotatable bonds is 5. The van der Waals surface area contributed by atoms with Crippen molar-refractivity contribution in [3.8, 4) is 0 Å². The molecular formula is C32H37FN2O2S. The molecule has 200 valence electrons. The van der Waals surface area contributed by atoms with Crippen LogP contribution in [0.1, 0.15) is 76.8 Å². The van der Waals surface area contributed by atoms with E-state index in [0.29, 0.717) is 35.5 Å². The quantitative estimate of drug-likeness (QED) is 0.373. The molecule has 2 heterocycles. The van der Waals surface area contributed by atoms with Crippen LogP contribution in [0.3, 0.4) is 0 Å². The van der Waals surface area contributed by atoms with Gasteiger partial charge < -0.3 is 10.2 Å². The number of hydrogen-bond acceptors (Lipinski definition) is 3. The Labute approximate surface area is 229 Å². The van der Waals surface area contributed by atoms with E-state index in [1.54, 1.807) is 12.1 Å². The Kier molecular flexibility index (Phi) is 7.71. The minimum atomic E-state index is -0.563. The number of hydrogen-bond donors (Lipinski definition) is 1. The van der Waals surface area contributed by atoms with Gasteiger partial charge in [-0.3, -0.25) is 9.59 Å². The Morgan fingerprint density at radius 1 is 1.00 bits per heavy atom. The van der Waals surface area contributed by atoms with Gasteiger partial charge in [-0.25, -0.2) is 4.39 Å². The summed E-state index contributed by atoms with van der Waals surface area (Å²) in [6.45, 7) is 8.23. The van der Waals surface area contributed by atoms with Gasteiger partial charge in [0.1, 0.15) is 10.8 Å². The lowest BCUT2D eigenvalue weighted by Gasteiger charge is -2.35. The fourth-order valence-corrected chi connectivity index (χ4v) is 7.22. The van der Waals surface area contributed by atoms with Gasteiger partial charge in [-0.05, 0) is 79.0 Å². The average molecular weight is 533 g/mol. The van der Waals surface area contributed by atoms with Crippen molar-refractivity contribution in [3.05, 3.63) is 87.5 Å². The van der Waals surface area contributed by atoms with Crippen LogP contribution in [0.4, 0.5) is 9.39 Å². The Hall–Kier alpha value is -2.99. The van der Waals surface area contributed by atoms with E-state index in [9.17, 15) is 14.0 Å². The number of fused-ring (bicyclic) bond motifs is 1. The fraction of sp³-hybridized carbons (Fsp3) is 0.438.